The van der Waals surface area contributed by atoms with Crippen LogP contribution in [0.25, 0.3) is 0 Å². The summed E-state index contributed by atoms with van der Waals surface area (Å²) < 4.78 is 11.1. The summed E-state index contributed by atoms with van der Waals surface area (Å²) >= 11 is 0. The second-order valence-corrected chi connectivity index (χ2v) is 6.21. The van der Waals surface area contributed by atoms with E-state index in [1.165, 1.54) is 18.9 Å². The van der Waals surface area contributed by atoms with E-state index in [-0.39, 0.29) is 5.69 Å². The predicted octanol–water partition coefficient (Wildman–Crippen LogP) is 3.03. The van der Waals surface area contributed by atoms with Gasteiger partial charge < -0.3 is 14.4 Å². The lowest BCUT2D eigenvalue weighted by Crippen LogP contribution is -2.35. The molecule has 0 aromatic heterocycles. The van der Waals surface area contributed by atoms with Crippen LogP contribution in [0.3, 0.4) is 0 Å². The van der Waals surface area contributed by atoms with Crippen molar-refractivity contribution in [1.82, 2.24) is 4.90 Å². The highest BCUT2D eigenvalue weighted by Gasteiger charge is 2.16. The molecule has 0 spiro atoms. The smallest absolute Gasteiger partial charge is 0.310 e. The van der Waals surface area contributed by atoms with E-state index in [1.807, 2.05) is 6.92 Å². The number of hydrogen-bond donors (Lipinski definition) is 0. The lowest BCUT2D eigenvalue weighted by atomic mass is 9.99. The van der Waals surface area contributed by atoms with Gasteiger partial charge in [-0.15, -0.1) is 0 Å². The Balaban J connectivity index is 1.64. The minimum Gasteiger partial charge on any atom is -0.484 e. The Hall–Kier alpha value is -1.66. The zero-order valence-electron chi connectivity index (χ0n) is 14.0. The molecule has 0 bridgehead atoms. The predicted molar refractivity (Wildman–Crippen MR) is 89.0 cm³/mol. The minimum absolute atomic E-state index is 0.00182. The zero-order valence-corrected chi connectivity index (χ0v) is 14.0. The Morgan fingerprint density at radius 1 is 1.26 bits per heavy atom. The number of nitrogens with zero attached hydrogens (tertiary/aromatic N) is 2. The maximum Gasteiger partial charge on any atom is 0.310 e. The molecule has 0 N–H and O–H groups in total. The van der Waals surface area contributed by atoms with Gasteiger partial charge in [0.15, 0.2) is 5.75 Å². The first-order valence-electron chi connectivity index (χ1n) is 8.24. The van der Waals surface area contributed by atoms with Crippen molar-refractivity contribution in [3.8, 4) is 5.75 Å². The van der Waals surface area contributed by atoms with Crippen LogP contribution >= 0.6 is 0 Å². The number of likely N-dealkylation sites (tertiary alicyclic amines) is 1. The average Bonchev–Trinajstić information content (AvgIpc) is 2.52. The molecule has 23 heavy (non-hydrogen) atoms. The van der Waals surface area contributed by atoms with Crippen molar-refractivity contribution >= 4 is 5.69 Å². The summed E-state index contributed by atoms with van der Waals surface area (Å²) in [6.45, 7) is 8.86. The fourth-order valence-electron chi connectivity index (χ4n) is 2.68. The quantitative estimate of drug-likeness (QED) is 0.418. The molecule has 1 aromatic rings. The van der Waals surface area contributed by atoms with Crippen molar-refractivity contribution in [1.29, 1.82) is 0 Å². The molecule has 0 radical (unpaired) electrons. The molecule has 1 saturated heterocycles. The molecule has 6 nitrogen and oxygen atoms in total. The third-order valence-corrected chi connectivity index (χ3v) is 4.23. The van der Waals surface area contributed by atoms with Gasteiger partial charge in [0.25, 0.3) is 0 Å². The molecule has 0 atom stereocenters. The van der Waals surface area contributed by atoms with Gasteiger partial charge in [0.2, 0.25) is 0 Å². The zero-order chi connectivity index (χ0) is 16.7. The van der Waals surface area contributed by atoms with Gasteiger partial charge in [-0.25, -0.2) is 0 Å². The van der Waals surface area contributed by atoms with Gasteiger partial charge in [-0.2, -0.15) is 0 Å². The van der Waals surface area contributed by atoms with Gasteiger partial charge in [-0.1, -0.05) is 13.0 Å². The Bertz CT molecular complexity index is 513. The van der Waals surface area contributed by atoms with Crippen LogP contribution in [-0.2, 0) is 4.74 Å². The summed E-state index contributed by atoms with van der Waals surface area (Å²) in [5, 5.41) is 11.0. The van der Waals surface area contributed by atoms with Crippen molar-refractivity contribution in [2.45, 2.75) is 26.7 Å². The summed E-state index contributed by atoms with van der Waals surface area (Å²) in [5.41, 5.74) is 0.934. The van der Waals surface area contributed by atoms with Crippen molar-refractivity contribution in [2.75, 3.05) is 39.5 Å². The molecule has 1 heterocycles. The number of nitro benzene ring substituents is 1. The van der Waals surface area contributed by atoms with Gasteiger partial charge in [0, 0.05) is 12.6 Å². The number of nitro groups is 1. The molecule has 1 aliphatic heterocycles. The molecule has 1 aliphatic rings. The van der Waals surface area contributed by atoms with E-state index in [0.717, 1.165) is 31.1 Å². The lowest BCUT2D eigenvalue weighted by Gasteiger charge is -2.29. The first kappa shape index (κ1) is 17.7. The highest BCUT2D eigenvalue weighted by atomic mass is 16.6. The van der Waals surface area contributed by atoms with Crippen LogP contribution in [0.15, 0.2) is 18.2 Å². The summed E-state index contributed by atoms with van der Waals surface area (Å²) in [6.07, 6.45) is 2.53. The van der Waals surface area contributed by atoms with E-state index in [1.54, 1.807) is 12.1 Å². The highest BCUT2D eigenvalue weighted by Crippen LogP contribution is 2.27. The van der Waals surface area contributed by atoms with Gasteiger partial charge in [-0.3, -0.25) is 10.1 Å². The van der Waals surface area contributed by atoms with Crippen LogP contribution < -0.4 is 4.74 Å². The monoisotopic (exact) mass is 322 g/mol. The SMILES string of the molecule is Cc1ccc([N+](=O)[O-])c(OCCOCCN2CCC(C)CC2)c1. The topological polar surface area (TPSA) is 64.8 Å². The molecule has 1 fully saturated rings. The third kappa shape index (κ3) is 5.80. The molecular formula is C17H26N2O4. The van der Waals surface area contributed by atoms with Gasteiger partial charge in [0.05, 0.1) is 18.1 Å². The number of piperidine rings is 1. The number of rotatable bonds is 8. The second kappa shape index (κ2) is 8.84. The second-order valence-electron chi connectivity index (χ2n) is 6.21. The first-order chi connectivity index (χ1) is 11.1. The van der Waals surface area contributed by atoms with Crippen LogP contribution in [0.2, 0.25) is 0 Å². The maximum absolute atomic E-state index is 11.0. The van der Waals surface area contributed by atoms with Gasteiger partial charge in [0.1, 0.15) is 6.61 Å². The summed E-state index contributed by atoms with van der Waals surface area (Å²) in [5.74, 6) is 1.15. The summed E-state index contributed by atoms with van der Waals surface area (Å²) in [6, 6.07) is 4.87. The number of ether oxygens (including phenoxy) is 2. The third-order valence-electron chi connectivity index (χ3n) is 4.23. The summed E-state index contributed by atoms with van der Waals surface area (Å²) in [4.78, 5) is 13.0. The molecule has 128 valence electrons. The van der Waals surface area contributed by atoms with Crippen LogP contribution in [0, 0.1) is 23.0 Å². The first-order valence-corrected chi connectivity index (χ1v) is 8.24. The van der Waals surface area contributed by atoms with E-state index >= 15 is 0 Å². The molecule has 6 heteroatoms. The molecular weight excluding hydrogens is 296 g/mol. The maximum atomic E-state index is 11.0. The van der Waals surface area contributed by atoms with Crippen molar-refractivity contribution in [3.05, 3.63) is 33.9 Å². The van der Waals surface area contributed by atoms with E-state index in [4.69, 9.17) is 9.47 Å². The highest BCUT2D eigenvalue weighted by molar-refractivity contribution is 5.48. The van der Waals surface area contributed by atoms with Crippen LogP contribution in [0.5, 0.6) is 5.75 Å². The summed E-state index contributed by atoms with van der Waals surface area (Å²) in [7, 11) is 0. The molecule has 0 saturated carbocycles. The Kier molecular flexibility index (Phi) is 6.80. The van der Waals surface area contributed by atoms with Crippen LogP contribution in [-0.4, -0.2) is 49.3 Å². The molecule has 0 aliphatic carbocycles. The van der Waals surface area contributed by atoms with E-state index in [9.17, 15) is 10.1 Å². The lowest BCUT2D eigenvalue weighted by molar-refractivity contribution is -0.385. The van der Waals surface area contributed by atoms with Crippen LogP contribution in [0.4, 0.5) is 5.69 Å². The van der Waals surface area contributed by atoms with E-state index in [0.29, 0.717) is 25.6 Å². The van der Waals surface area contributed by atoms with E-state index < -0.39 is 4.92 Å². The van der Waals surface area contributed by atoms with Crippen LogP contribution in [0.1, 0.15) is 25.3 Å². The Labute approximate surface area is 137 Å². The Morgan fingerprint density at radius 3 is 2.70 bits per heavy atom. The fourth-order valence-corrected chi connectivity index (χ4v) is 2.68. The van der Waals surface area contributed by atoms with Gasteiger partial charge in [-0.05, 0) is 50.4 Å². The molecule has 1 aromatic carbocycles. The largest absolute Gasteiger partial charge is 0.484 e. The number of hydrogen-bond acceptors (Lipinski definition) is 5. The molecule has 0 amide bonds. The Morgan fingerprint density at radius 2 is 2.00 bits per heavy atom. The minimum atomic E-state index is -0.424. The van der Waals surface area contributed by atoms with Crippen molar-refractivity contribution < 1.29 is 14.4 Å². The molecule has 2 rings (SSSR count). The van der Waals surface area contributed by atoms with Gasteiger partial charge >= 0.3 is 5.69 Å². The standard InChI is InChI=1S/C17H26N2O4/c1-14-5-7-18(8-6-14)9-10-22-11-12-23-17-13-15(2)3-4-16(17)19(20)21/h3-4,13-14H,5-12H2,1-2H3. The number of aryl methyl sites for hydroxylation is 1. The number of benzene rings is 1. The average molecular weight is 322 g/mol. The molecule has 0 unspecified atom stereocenters. The fraction of sp³-hybridized carbons (Fsp3) is 0.647. The normalized spacial score (nSPS) is 16.4. The van der Waals surface area contributed by atoms with Crippen molar-refractivity contribution in [3.63, 3.8) is 0 Å². The van der Waals surface area contributed by atoms with E-state index in [2.05, 4.69) is 11.8 Å². The van der Waals surface area contributed by atoms with Crippen molar-refractivity contribution in [2.24, 2.45) is 5.92 Å².